The quantitative estimate of drug-likeness (QED) is 0.427. The number of pyridine rings is 1. The molecule has 5 rings (SSSR count). The van der Waals surface area contributed by atoms with Crippen LogP contribution in [0.1, 0.15) is 42.2 Å². The maximum absolute atomic E-state index is 13.4. The van der Waals surface area contributed by atoms with Gasteiger partial charge in [0.25, 0.3) is 5.56 Å². The summed E-state index contributed by atoms with van der Waals surface area (Å²) in [5, 5.41) is 15.7. The minimum absolute atomic E-state index is 0.206. The molecule has 176 valence electrons. The van der Waals surface area contributed by atoms with Crippen LogP contribution in [0.5, 0.6) is 0 Å². The molecule has 3 heterocycles. The van der Waals surface area contributed by atoms with Gasteiger partial charge in [-0.05, 0) is 36.8 Å². The fraction of sp³-hybridized carbons (Fsp3) is 0.185. The summed E-state index contributed by atoms with van der Waals surface area (Å²) in [6, 6.07) is 18.3. The molecule has 0 saturated carbocycles. The third-order valence-electron chi connectivity index (χ3n) is 6.11. The van der Waals surface area contributed by atoms with Gasteiger partial charge in [0, 0.05) is 29.3 Å². The van der Waals surface area contributed by atoms with E-state index in [1.54, 1.807) is 12.1 Å². The summed E-state index contributed by atoms with van der Waals surface area (Å²) in [5.74, 6) is -0.996. The minimum Gasteiger partial charge on any atom is -0.481 e. The first-order chi connectivity index (χ1) is 16.9. The Balaban J connectivity index is 1.70. The van der Waals surface area contributed by atoms with Crippen molar-refractivity contribution in [2.24, 2.45) is 5.10 Å². The molecule has 1 aliphatic heterocycles. The van der Waals surface area contributed by atoms with Crippen LogP contribution in [0.25, 0.3) is 22.0 Å². The fourth-order valence-corrected chi connectivity index (χ4v) is 4.51. The van der Waals surface area contributed by atoms with E-state index in [9.17, 15) is 14.4 Å². The van der Waals surface area contributed by atoms with Crippen LogP contribution in [0.15, 0.2) is 81.2 Å². The molecule has 2 aromatic carbocycles. The molecule has 4 aromatic rings. The van der Waals surface area contributed by atoms with Crippen molar-refractivity contribution in [1.29, 1.82) is 0 Å². The molecule has 0 aliphatic carbocycles. The van der Waals surface area contributed by atoms with Gasteiger partial charge >= 0.3 is 5.97 Å². The highest BCUT2D eigenvalue weighted by molar-refractivity contribution is 6.13. The molecule has 0 fully saturated rings. The molecular formula is C27H23N3O5. The highest BCUT2D eigenvalue weighted by atomic mass is 16.4. The number of carboxylic acids is 1. The lowest BCUT2D eigenvalue weighted by Gasteiger charge is -2.19. The molecule has 0 radical (unpaired) electrons. The molecule has 1 amide bonds. The van der Waals surface area contributed by atoms with Crippen LogP contribution in [0.2, 0.25) is 0 Å². The van der Waals surface area contributed by atoms with Gasteiger partial charge in [-0.1, -0.05) is 42.0 Å². The van der Waals surface area contributed by atoms with Crippen molar-refractivity contribution in [3.63, 3.8) is 0 Å². The maximum Gasteiger partial charge on any atom is 0.303 e. The molecule has 35 heavy (non-hydrogen) atoms. The Bertz CT molecular complexity index is 1500. The number of nitrogens with zero attached hydrogens (tertiary/aromatic N) is 2. The molecular weight excluding hydrogens is 446 g/mol. The summed E-state index contributed by atoms with van der Waals surface area (Å²) in [7, 11) is 0. The number of aryl methyl sites for hydroxylation is 1. The number of aromatic nitrogens is 1. The number of amides is 1. The molecule has 0 spiro atoms. The Morgan fingerprint density at radius 2 is 1.89 bits per heavy atom. The Kier molecular flexibility index (Phi) is 5.78. The van der Waals surface area contributed by atoms with Crippen molar-refractivity contribution in [3.05, 3.63) is 94.2 Å². The Morgan fingerprint density at radius 3 is 2.60 bits per heavy atom. The summed E-state index contributed by atoms with van der Waals surface area (Å²) < 4.78 is 5.57. The number of hydrazone groups is 1. The largest absolute Gasteiger partial charge is 0.481 e. The number of furan rings is 1. The Morgan fingerprint density at radius 1 is 1.09 bits per heavy atom. The van der Waals surface area contributed by atoms with E-state index in [2.05, 4.69) is 10.1 Å². The van der Waals surface area contributed by atoms with Gasteiger partial charge in [0.1, 0.15) is 11.8 Å². The van der Waals surface area contributed by atoms with E-state index in [0.29, 0.717) is 22.6 Å². The third-order valence-corrected chi connectivity index (χ3v) is 6.11. The molecule has 2 aromatic heterocycles. The monoisotopic (exact) mass is 469 g/mol. The number of H-pyrrole nitrogens is 1. The van der Waals surface area contributed by atoms with Crippen molar-refractivity contribution < 1.29 is 19.1 Å². The first-order valence-electron chi connectivity index (χ1n) is 11.3. The van der Waals surface area contributed by atoms with Crippen LogP contribution in [-0.2, 0) is 9.59 Å². The highest BCUT2D eigenvalue weighted by Gasteiger charge is 2.36. The van der Waals surface area contributed by atoms with E-state index >= 15 is 0 Å². The molecule has 2 N–H and O–H groups in total. The number of aromatic amines is 1. The van der Waals surface area contributed by atoms with E-state index in [1.807, 2.05) is 55.5 Å². The SMILES string of the molecule is Cc1ccc2[nH]c(=O)c(C3=NN(C(=O)CCC(=O)O)C(c4ccco4)C3)c(-c3ccccc3)c2c1. The number of nitrogens with one attached hydrogen (secondary N) is 1. The lowest BCUT2D eigenvalue weighted by atomic mass is 9.91. The maximum atomic E-state index is 13.4. The normalized spacial score (nSPS) is 15.4. The molecule has 1 aliphatic rings. The van der Waals surface area contributed by atoms with Crippen molar-refractivity contribution in [2.45, 2.75) is 32.2 Å². The Hall–Kier alpha value is -4.46. The number of fused-ring (bicyclic) bond motifs is 1. The molecule has 1 atom stereocenters. The van der Waals surface area contributed by atoms with Crippen LogP contribution in [0, 0.1) is 6.92 Å². The number of benzene rings is 2. The van der Waals surface area contributed by atoms with Gasteiger partial charge in [0.15, 0.2) is 0 Å². The Labute approximate surface area is 200 Å². The second-order valence-corrected chi connectivity index (χ2v) is 8.53. The summed E-state index contributed by atoms with van der Waals surface area (Å²) in [6.45, 7) is 1.99. The molecule has 0 saturated heterocycles. The van der Waals surface area contributed by atoms with Crippen LogP contribution in [-0.4, -0.2) is 32.7 Å². The lowest BCUT2D eigenvalue weighted by Crippen LogP contribution is -2.27. The number of carbonyl (C=O) groups is 2. The fourth-order valence-electron chi connectivity index (χ4n) is 4.51. The molecule has 8 nitrogen and oxygen atoms in total. The third kappa shape index (κ3) is 4.26. The second-order valence-electron chi connectivity index (χ2n) is 8.53. The summed E-state index contributed by atoms with van der Waals surface area (Å²) >= 11 is 0. The van der Waals surface area contributed by atoms with Crippen molar-refractivity contribution >= 4 is 28.5 Å². The van der Waals surface area contributed by atoms with Crippen molar-refractivity contribution in [2.75, 3.05) is 0 Å². The number of hydrogen-bond acceptors (Lipinski definition) is 5. The molecule has 0 bridgehead atoms. The summed E-state index contributed by atoms with van der Waals surface area (Å²) in [5.41, 5.74) is 3.87. The van der Waals surface area contributed by atoms with Crippen molar-refractivity contribution in [3.8, 4) is 11.1 Å². The molecule has 1 unspecified atom stereocenters. The van der Waals surface area contributed by atoms with E-state index in [1.165, 1.54) is 11.3 Å². The number of carbonyl (C=O) groups excluding carboxylic acids is 1. The average Bonchev–Trinajstić information content (AvgIpc) is 3.53. The van der Waals surface area contributed by atoms with Crippen LogP contribution in [0.4, 0.5) is 0 Å². The van der Waals surface area contributed by atoms with E-state index < -0.39 is 17.9 Å². The highest BCUT2D eigenvalue weighted by Crippen LogP contribution is 2.37. The van der Waals surface area contributed by atoms with Gasteiger partial charge in [-0.25, -0.2) is 5.01 Å². The zero-order valence-electron chi connectivity index (χ0n) is 19.0. The predicted octanol–water partition coefficient (Wildman–Crippen LogP) is 4.64. The van der Waals surface area contributed by atoms with Gasteiger partial charge in [-0.2, -0.15) is 5.10 Å². The predicted molar refractivity (Wildman–Crippen MR) is 131 cm³/mol. The van der Waals surface area contributed by atoms with Gasteiger partial charge in [0.05, 0.1) is 24.0 Å². The second kappa shape index (κ2) is 9.06. The molecule has 8 heteroatoms. The summed E-state index contributed by atoms with van der Waals surface area (Å²) in [6.07, 6.45) is 1.25. The number of carboxylic acid groups (broad SMARTS) is 1. The number of rotatable bonds is 6. The topological polar surface area (TPSA) is 116 Å². The van der Waals surface area contributed by atoms with E-state index in [0.717, 1.165) is 22.1 Å². The zero-order valence-corrected chi connectivity index (χ0v) is 19.0. The number of hydrogen-bond donors (Lipinski definition) is 2. The first-order valence-corrected chi connectivity index (χ1v) is 11.3. The summed E-state index contributed by atoms with van der Waals surface area (Å²) in [4.78, 5) is 40.4. The van der Waals surface area contributed by atoms with E-state index in [4.69, 9.17) is 9.52 Å². The van der Waals surface area contributed by atoms with Gasteiger partial charge in [0.2, 0.25) is 5.91 Å². The standard InChI is InChI=1S/C27H23N3O5/c1-16-9-10-19-18(14-16)25(17-6-3-2-4-7-17)26(27(34)28-19)20-15-21(22-8-5-13-35-22)30(29-20)23(31)11-12-24(32)33/h2-10,13-14,21H,11-12,15H2,1H3,(H,28,34)(H,32,33). The average molecular weight is 469 g/mol. The zero-order chi connectivity index (χ0) is 24.5. The van der Waals surface area contributed by atoms with Crippen LogP contribution >= 0.6 is 0 Å². The van der Waals surface area contributed by atoms with Gasteiger partial charge in [-0.3, -0.25) is 14.4 Å². The van der Waals surface area contributed by atoms with Gasteiger partial charge < -0.3 is 14.5 Å². The number of aliphatic carboxylic acids is 1. The first kappa shape index (κ1) is 22.3. The van der Waals surface area contributed by atoms with Crippen LogP contribution < -0.4 is 5.56 Å². The minimum atomic E-state index is -1.07. The van der Waals surface area contributed by atoms with E-state index in [-0.39, 0.29) is 24.8 Å². The lowest BCUT2D eigenvalue weighted by molar-refractivity contribution is -0.141. The van der Waals surface area contributed by atoms with Crippen LogP contribution in [0.3, 0.4) is 0 Å². The smallest absolute Gasteiger partial charge is 0.303 e. The van der Waals surface area contributed by atoms with Crippen molar-refractivity contribution in [1.82, 2.24) is 9.99 Å². The van der Waals surface area contributed by atoms with Gasteiger partial charge in [-0.15, -0.1) is 0 Å².